The average Bonchev–Trinajstić information content (AvgIpc) is 2.13. The molecule has 0 aromatic heterocycles. The van der Waals surface area contributed by atoms with Crippen molar-refractivity contribution in [1.82, 2.24) is 5.32 Å². The van der Waals surface area contributed by atoms with Crippen LogP contribution in [0.2, 0.25) is 0 Å². The van der Waals surface area contributed by atoms with Gasteiger partial charge < -0.3 is 10.4 Å². The minimum absolute atomic E-state index is 1.01. The van der Waals surface area contributed by atoms with E-state index >= 15 is 0 Å². The summed E-state index contributed by atoms with van der Waals surface area (Å²) in [5, 5.41) is 11.9. The summed E-state index contributed by atoms with van der Waals surface area (Å²) in [6.07, 6.45) is 4.49. The maximum Gasteiger partial charge on any atom is 0.0784 e. The molecule has 0 aliphatic carbocycles. The first-order valence-corrected chi connectivity index (χ1v) is 3.46. The molecule has 0 saturated carbocycles. The molecule has 0 amide bonds. The molecule has 0 radical (unpaired) electrons. The Labute approximate surface area is 55.6 Å². The van der Waals surface area contributed by atoms with Gasteiger partial charge in [0.25, 0.3) is 0 Å². The summed E-state index contributed by atoms with van der Waals surface area (Å²) in [5.74, 6) is 0. The fraction of sp³-hybridized carbons (Fsp3) is 0.714. The summed E-state index contributed by atoms with van der Waals surface area (Å²) < 4.78 is 0. The highest BCUT2D eigenvalue weighted by Gasteiger charge is 2.01. The van der Waals surface area contributed by atoms with Gasteiger partial charge in [0.05, 0.1) is 6.26 Å². The van der Waals surface area contributed by atoms with E-state index in [4.69, 9.17) is 5.11 Å². The van der Waals surface area contributed by atoms with Crippen molar-refractivity contribution in [3.05, 3.63) is 11.8 Å². The Morgan fingerprint density at radius 2 is 2.22 bits per heavy atom. The molecule has 0 aromatic rings. The third-order valence-corrected chi connectivity index (χ3v) is 1.66. The van der Waals surface area contributed by atoms with Crippen molar-refractivity contribution in [3.8, 4) is 0 Å². The maximum atomic E-state index is 8.63. The van der Waals surface area contributed by atoms with E-state index in [0.717, 1.165) is 32.4 Å². The highest BCUT2D eigenvalue weighted by molar-refractivity contribution is 4.99. The van der Waals surface area contributed by atoms with E-state index in [2.05, 4.69) is 5.32 Å². The summed E-state index contributed by atoms with van der Waals surface area (Å²) in [7, 11) is 0. The number of rotatable bonds is 0. The maximum absolute atomic E-state index is 8.63. The van der Waals surface area contributed by atoms with E-state index in [0.29, 0.717) is 0 Å². The zero-order valence-electron chi connectivity index (χ0n) is 5.56. The van der Waals surface area contributed by atoms with Gasteiger partial charge in [0.2, 0.25) is 0 Å². The van der Waals surface area contributed by atoms with Crippen LogP contribution >= 0.6 is 0 Å². The number of aliphatic hydroxyl groups excluding tert-OH is 1. The third kappa shape index (κ3) is 2.06. The molecule has 0 atom stereocenters. The van der Waals surface area contributed by atoms with Crippen LogP contribution in [-0.4, -0.2) is 18.2 Å². The Balaban J connectivity index is 2.36. The van der Waals surface area contributed by atoms with Crippen molar-refractivity contribution in [3.63, 3.8) is 0 Å². The lowest BCUT2D eigenvalue weighted by molar-refractivity contribution is 0.462. The van der Waals surface area contributed by atoms with Gasteiger partial charge in [0, 0.05) is 0 Å². The summed E-state index contributed by atoms with van der Waals surface area (Å²) in [6, 6.07) is 0. The lowest BCUT2D eigenvalue weighted by Gasteiger charge is -1.95. The van der Waals surface area contributed by atoms with Crippen molar-refractivity contribution in [2.24, 2.45) is 0 Å². The fourth-order valence-corrected chi connectivity index (χ4v) is 1.07. The predicted molar refractivity (Wildman–Crippen MR) is 37.4 cm³/mol. The van der Waals surface area contributed by atoms with Crippen molar-refractivity contribution in [2.45, 2.75) is 19.3 Å². The molecule has 1 heterocycles. The van der Waals surface area contributed by atoms with Crippen LogP contribution < -0.4 is 5.32 Å². The predicted octanol–water partition coefficient (Wildman–Crippen LogP) is 1.20. The van der Waals surface area contributed by atoms with Gasteiger partial charge in [-0.15, -0.1) is 0 Å². The molecule has 52 valence electrons. The van der Waals surface area contributed by atoms with Gasteiger partial charge in [-0.1, -0.05) is 0 Å². The van der Waals surface area contributed by atoms with Gasteiger partial charge >= 0.3 is 0 Å². The second-order valence-electron chi connectivity index (χ2n) is 2.39. The molecule has 1 fully saturated rings. The Bertz CT molecular complexity index is 99.5. The summed E-state index contributed by atoms with van der Waals surface area (Å²) in [4.78, 5) is 0. The molecule has 1 aliphatic rings. The highest BCUT2D eigenvalue weighted by atomic mass is 16.2. The molecule has 0 spiro atoms. The van der Waals surface area contributed by atoms with Gasteiger partial charge in [-0.3, -0.25) is 0 Å². The quantitative estimate of drug-likeness (QED) is 0.479. The van der Waals surface area contributed by atoms with E-state index in [1.807, 2.05) is 0 Å². The van der Waals surface area contributed by atoms with Crippen molar-refractivity contribution in [1.29, 1.82) is 0 Å². The average molecular weight is 127 g/mol. The van der Waals surface area contributed by atoms with E-state index in [-0.39, 0.29) is 0 Å². The van der Waals surface area contributed by atoms with E-state index in [9.17, 15) is 0 Å². The minimum atomic E-state index is 1.01. The first kappa shape index (κ1) is 6.62. The lowest BCUT2D eigenvalue weighted by Crippen LogP contribution is -2.13. The van der Waals surface area contributed by atoms with Crippen LogP contribution in [-0.2, 0) is 0 Å². The van der Waals surface area contributed by atoms with Gasteiger partial charge in [-0.2, -0.15) is 0 Å². The van der Waals surface area contributed by atoms with E-state index in [1.165, 1.54) is 11.8 Å². The minimum Gasteiger partial charge on any atom is -0.516 e. The first-order valence-electron chi connectivity index (χ1n) is 3.46. The molecule has 2 N–H and O–H groups in total. The van der Waals surface area contributed by atoms with Crippen molar-refractivity contribution < 1.29 is 5.11 Å². The van der Waals surface area contributed by atoms with Crippen LogP contribution in [0.5, 0.6) is 0 Å². The van der Waals surface area contributed by atoms with Gasteiger partial charge in [0.15, 0.2) is 0 Å². The Morgan fingerprint density at radius 3 is 3.00 bits per heavy atom. The van der Waals surface area contributed by atoms with Crippen LogP contribution in [0, 0.1) is 0 Å². The Morgan fingerprint density at radius 1 is 1.33 bits per heavy atom. The molecule has 1 saturated heterocycles. The van der Waals surface area contributed by atoms with Crippen LogP contribution in [0.1, 0.15) is 19.3 Å². The van der Waals surface area contributed by atoms with Gasteiger partial charge in [-0.25, -0.2) is 0 Å². The molecular formula is C7H13NO. The fourth-order valence-electron chi connectivity index (χ4n) is 1.07. The monoisotopic (exact) mass is 127 g/mol. The number of nitrogens with one attached hydrogen (secondary N) is 1. The van der Waals surface area contributed by atoms with Crippen LogP contribution in [0.25, 0.3) is 0 Å². The van der Waals surface area contributed by atoms with E-state index < -0.39 is 0 Å². The van der Waals surface area contributed by atoms with Gasteiger partial charge in [0.1, 0.15) is 0 Å². The number of hydrogen-bond donors (Lipinski definition) is 2. The largest absolute Gasteiger partial charge is 0.516 e. The van der Waals surface area contributed by atoms with Crippen LogP contribution in [0.3, 0.4) is 0 Å². The second kappa shape index (κ2) is 3.51. The summed E-state index contributed by atoms with van der Waals surface area (Å²) in [6.45, 7) is 2.11. The molecule has 0 unspecified atom stereocenters. The molecule has 9 heavy (non-hydrogen) atoms. The smallest absolute Gasteiger partial charge is 0.0784 e. The highest BCUT2D eigenvalue weighted by Crippen LogP contribution is 2.09. The van der Waals surface area contributed by atoms with Crippen molar-refractivity contribution >= 4 is 0 Å². The third-order valence-electron chi connectivity index (χ3n) is 1.66. The van der Waals surface area contributed by atoms with Crippen molar-refractivity contribution in [2.75, 3.05) is 13.1 Å². The molecule has 2 nitrogen and oxygen atoms in total. The second-order valence-corrected chi connectivity index (χ2v) is 2.39. The zero-order chi connectivity index (χ0) is 6.53. The SMILES string of the molecule is O/C=C1\CCCNCC1. The summed E-state index contributed by atoms with van der Waals surface area (Å²) in [5.41, 5.74) is 1.18. The number of aliphatic hydroxyl groups is 1. The van der Waals surface area contributed by atoms with Gasteiger partial charge in [-0.05, 0) is 37.9 Å². The first-order chi connectivity index (χ1) is 4.43. The van der Waals surface area contributed by atoms with Crippen LogP contribution in [0.15, 0.2) is 11.8 Å². The molecule has 1 aliphatic heterocycles. The van der Waals surface area contributed by atoms with Crippen LogP contribution in [0.4, 0.5) is 0 Å². The normalized spacial score (nSPS) is 26.0. The zero-order valence-corrected chi connectivity index (χ0v) is 5.56. The standard InChI is InChI=1S/C7H13NO/c9-6-7-2-1-4-8-5-3-7/h6,8-9H,1-5H2/b7-6+. The lowest BCUT2D eigenvalue weighted by atomic mass is 10.1. The molecule has 0 bridgehead atoms. The Kier molecular flexibility index (Phi) is 2.58. The molecule has 1 rings (SSSR count). The molecule has 2 heteroatoms. The molecular weight excluding hydrogens is 114 g/mol. The topological polar surface area (TPSA) is 32.3 Å². The summed E-state index contributed by atoms with van der Waals surface area (Å²) >= 11 is 0. The number of hydrogen-bond acceptors (Lipinski definition) is 2. The van der Waals surface area contributed by atoms with E-state index in [1.54, 1.807) is 0 Å². The molecule has 0 aromatic carbocycles. The Hall–Kier alpha value is -0.500.